The number of benzene rings is 1. The summed E-state index contributed by atoms with van der Waals surface area (Å²) in [6.45, 7) is 0. The van der Waals surface area contributed by atoms with Crippen LogP contribution in [0.4, 0.5) is 0 Å². The first-order chi connectivity index (χ1) is 9.51. The molecule has 0 aliphatic heterocycles. The van der Waals surface area contributed by atoms with Gasteiger partial charge in [-0.15, -0.1) is 0 Å². The third-order valence-electron chi connectivity index (χ3n) is 3.14. The maximum atomic E-state index is 12.7. The molecule has 0 bridgehead atoms. The Bertz CT molecular complexity index is 803. The monoisotopic (exact) mass is 369 g/mol. The smallest absolute Gasteiger partial charge is 0.190 e. The van der Waals surface area contributed by atoms with E-state index in [9.17, 15) is 8.42 Å². The van der Waals surface area contributed by atoms with E-state index in [2.05, 4.69) is 20.9 Å². The zero-order valence-corrected chi connectivity index (χ0v) is 13.3. The summed E-state index contributed by atoms with van der Waals surface area (Å²) in [5.74, 6) is 0. The Morgan fingerprint density at radius 3 is 2.55 bits per heavy atom. The molecule has 3 nitrogen and oxygen atoms in total. The fourth-order valence-corrected chi connectivity index (χ4v) is 5.04. The Labute approximate surface area is 130 Å². The molecule has 102 valence electrons. The average molecular weight is 371 g/mol. The van der Waals surface area contributed by atoms with Gasteiger partial charge >= 0.3 is 0 Å². The minimum atomic E-state index is -3.53. The van der Waals surface area contributed by atoms with E-state index >= 15 is 0 Å². The van der Waals surface area contributed by atoms with E-state index in [1.807, 2.05) is 0 Å². The van der Waals surface area contributed by atoms with Gasteiger partial charge in [0.05, 0.1) is 15.6 Å². The number of nitrogens with zero attached hydrogens (tertiary/aromatic N) is 1. The maximum absolute atomic E-state index is 12.7. The van der Waals surface area contributed by atoms with Crippen molar-refractivity contribution in [2.75, 3.05) is 0 Å². The number of fused-ring (bicyclic) bond motifs is 1. The molecule has 0 saturated heterocycles. The van der Waals surface area contributed by atoms with Crippen molar-refractivity contribution in [3.8, 4) is 0 Å². The Hall–Kier alpha value is -1.17. The van der Waals surface area contributed by atoms with Gasteiger partial charge in [-0.2, -0.15) is 0 Å². The van der Waals surface area contributed by atoms with Gasteiger partial charge in [0.1, 0.15) is 5.25 Å². The first kappa shape index (κ1) is 13.8. The first-order valence-electron chi connectivity index (χ1n) is 5.83. The second kappa shape index (κ2) is 4.98. The second-order valence-corrected chi connectivity index (χ2v) is 7.68. The molecule has 1 unspecified atom stereocenters. The standard InChI is InChI=1S/C14H9BrClNO2S/c15-10-8-12(14-13(10)11(16)6-7-17-14)20(18,19)9-4-2-1-3-5-9/h1-8,12H. The van der Waals surface area contributed by atoms with Crippen molar-refractivity contribution in [3.05, 3.63) is 65.0 Å². The van der Waals surface area contributed by atoms with Crippen LogP contribution in [0, 0.1) is 0 Å². The van der Waals surface area contributed by atoms with E-state index in [1.165, 1.54) is 6.20 Å². The lowest BCUT2D eigenvalue weighted by molar-refractivity contribution is 0.590. The van der Waals surface area contributed by atoms with Crippen LogP contribution in [-0.2, 0) is 9.84 Å². The quantitative estimate of drug-likeness (QED) is 0.803. The predicted octanol–water partition coefficient (Wildman–Crippen LogP) is 4.00. The fraction of sp³-hybridized carbons (Fsp3) is 0.0714. The van der Waals surface area contributed by atoms with E-state index < -0.39 is 15.1 Å². The van der Waals surface area contributed by atoms with Crippen LogP contribution in [-0.4, -0.2) is 13.4 Å². The summed E-state index contributed by atoms with van der Waals surface area (Å²) in [4.78, 5) is 4.47. The zero-order chi connectivity index (χ0) is 14.3. The minimum absolute atomic E-state index is 0.274. The SMILES string of the molecule is O=S(=O)(c1ccccc1)C1C=C(Br)c2c(Cl)ccnc21. The second-order valence-electron chi connectivity index (χ2n) is 4.35. The largest absolute Gasteiger partial charge is 0.259 e. The Morgan fingerprint density at radius 1 is 1.15 bits per heavy atom. The lowest BCUT2D eigenvalue weighted by Crippen LogP contribution is -2.11. The molecule has 0 spiro atoms. The van der Waals surface area contributed by atoms with E-state index in [4.69, 9.17) is 11.6 Å². The molecule has 0 radical (unpaired) electrons. The summed E-state index contributed by atoms with van der Waals surface area (Å²) >= 11 is 9.49. The number of halogens is 2. The van der Waals surface area contributed by atoms with Gasteiger partial charge < -0.3 is 0 Å². The Balaban J connectivity index is 2.18. The van der Waals surface area contributed by atoms with E-state index in [-0.39, 0.29) is 4.90 Å². The molecule has 1 aliphatic rings. The molecule has 0 amide bonds. The van der Waals surface area contributed by atoms with Gasteiger partial charge in [-0.1, -0.05) is 45.7 Å². The number of hydrogen-bond donors (Lipinski definition) is 0. The van der Waals surface area contributed by atoms with E-state index in [0.29, 0.717) is 20.8 Å². The van der Waals surface area contributed by atoms with Crippen LogP contribution in [0.2, 0.25) is 5.02 Å². The zero-order valence-electron chi connectivity index (χ0n) is 10.1. The van der Waals surface area contributed by atoms with Gasteiger partial charge in [0, 0.05) is 16.2 Å². The van der Waals surface area contributed by atoms with Gasteiger partial charge in [-0.25, -0.2) is 8.42 Å². The molecular formula is C14H9BrClNO2S. The number of aromatic nitrogens is 1. The first-order valence-corrected chi connectivity index (χ1v) is 8.54. The number of hydrogen-bond acceptors (Lipinski definition) is 3. The number of pyridine rings is 1. The molecule has 1 atom stereocenters. The lowest BCUT2D eigenvalue weighted by Gasteiger charge is -2.11. The molecule has 1 aromatic carbocycles. The van der Waals surface area contributed by atoms with Crippen molar-refractivity contribution in [2.45, 2.75) is 10.1 Å². The number of sulfone groups is 1. The molecule has 1 aliphatic carbocycles. The van der Waals surface area contributed by atoms with Gasteiger partial charge in [0.15, 0.2) is 9.84 Å². The van der Waals surface area contributed by atoms with Crippen molar-refractivity contribution >= 4 is 41.9 Å². The molecule has 3 rings (SSSR count). The van der Waals surface area contributed by atoms with Gasteiger partial charge in [0.25, 0.3) is 0 Å². The highest BCUT2D eigenvalue weighted by atomic mass is 79.9. The van der Waals surface area contributed by atoms with Gasteiger partial charge in [-0.3, -0.25) is 4.98 Å². The van der Waals surface area contributed by atoms with Crippen LogP contribution < -0.4 is 0 Å². The fourth-order valence-electron chi connectivity index (χ4n) is 2.19. The molecule has 0 saturated carbocycles. The van der Waals surface area contributed by atoms with Crippen LogP contribution in [0.3, 0.4) is 0 Å². The average Bonchev–Trinajstić information content (AvgIpc) is 2.79. The molecule has 2 aromatic rings. The van der Waals surface area contributed by atoms with Crippen molar-refractivity contribution in [1.82, 2.24) is 4.98 Å². The highest BCUT2D eigenvalue weighted by Crippen LogP contribution is 2.45. The molecule has 6 heteroatoms. The topological polar surface area (TPSA) is 47.0 Å². The third-order valence-corrected chi connectivity index (χ3v) is 6.07. The molecule has 20 heavy (non-hydrogen) atoms. The summed E-state index contributed by atoms with van der Waals surface area (Å²) < 4.78 is 26.1. The summed E-state index contributed by atoms with van der Waals surface area (Å²) in [7, 11) is -3.53. The molecule has 1 aromatic heterocycles. The summed E-state index contributed by atoms with van der Waals surface area (Å²) in [5, 5.41) is -0.322. The summed E-state index contributed by atoms with van der Waals surface area (Å²) in [6, 6.07) is 9.99. The van der Waals surface area contributed by atoms with Crippen LogP contribution in [0.5, 0.6) is 0 Å². The predicted molar refractivity (Wildman–Crippen MR) is 82.5 cm³/mol. The van der Waals surface area contributed by atoms with E-state index in [0.717, 1.165) is 0 Å². The van der Waals surface area contributed by atoms with Crippen LogP contribution >= 0.6 is 27.5 Å². The van der Waals surface area contributed by atoms with Crippen LogP contribution in [0.25, 0.3) is 4.48 Å². The highest BCUT2D eigenvalue weighted by Gasteiger charge is 2.36. The van der Waals surface area contributed by atoms with Crippen molar-refractivity contribution in [3.63, 3.8) is 0 Å². The van der Waals surface area contributed by atoms with Crippen LogP contribution in [0.1, 0.15) is 16.5 Å². The van der Waals surface area contributed by atoms with Crippen LogP contribution in [0.15, 0.2) is 53.6 Å². The Morgan fingerprint density at radius 2 is 1.85 bits per heavy atom. The van der Waals surface area contributed by atoms with Crippen molar-refractivity contribution in [2.24, 2.45) is 0 Å². The van der Waals surface area contributed by atoms with Gasteiger partial charge in [0.2, 0.25) is 0 Å². The van der Waals surface area contributed by atoms with Crippen molar-refractivity contribution in [1.29, 1.82) is 0 Å². The summed E-state index contributed by atoms with van der Waals surface area (Å²) in [6.07, 6.45) is 3.15. The maximum Gasteiger partial charge on any atom is 0.190 e. The summed E-state index contributed by atoms with van der Waals surface area (Å²) in [5.41, 5.74) is 1.12. The van der Waals surface area contributed by atoms with Crippen molar-refractivity contribution < 1.29 is 8.42 Å². The molecule has 0 N–H and O–H groups in total. The highest BCUT2D eigenvalue weighted by molar-refractivity contribution is 9.15. The molecular weight excluding hydrogens is 362 g/mol. The van der Waals surface area contributed by atoms with E-state index in [1.54, 1.807) is 42.5 Å². The molecule has 0 fully saturated rings. The Kier molecular flexibility index (Phi) is 3.44. The minimum Gasteiger partial charge on any atom is -0.259 e. The third kappa shape index (κ3) is 2.10. The van der Waals surface area contributed by atoms with Gasteiger partial charge in [-0.05, 0) is 24.3 Å². The number of rotatable bonds is 2. The molecule has 1 heterocycles. The normalized spacial score (nSPS) is 17.7. The lowest BCUT2D eigenvalue weighted by atomic mass is 10.2.